The number of hydrogen-bond donors (Lipinski definition) is 1. The Hall–Kier alpha value is -3.46. The van der Waals surface area contributed by atoms with Crippen LogP contribution in [0, 0.1) is 11.7 Å². The molecule has 0 aliphatic carbocycles. The highest BCUT2D eigenvalue weighted by Gasteiger charge is 2.36. The van der Waals surface area contributed by atoms with Crippen LogP contribution in [0.2, 0.25) is 0 Å². The summed E-state index contributed by atoms with van der Waals surface area (Å²) >= 11 is 0. The first-order valence-electron chi connectivity index (χ1n) is 12.9. The number of hydrogen-bond acceptors (Lipinski definition) is 7. The van der Waals surface area contributed by atoms with Gasteiger partial charge in [0.15, 0.2) is 6.04 Å². The van der Waals surface area contributed by atoms with Crippen LogP contribution in [0.15, 0.2) is 53.5 Å². The number of esters is 1. The van der Waals surface area contributed by atoms with Crippen molar-refractivity contribution in [1.29, 1.82) is 0 Å². The molecule has 4 rings (SSSR count). The van der Waals surface area contributed by atoms with Crippen molar-refractivity contribution in [2.24, 2.45) is 10.9 Å². The Labute approximate surface area is 217 Å². The molecule has 1 fully saturated rings. The summed E-state index contributed by atoms with van der Waals surface area (Å²) in [5, 5.41) is 2.84. The maximum absolute atomic E-state index is 15.1. The van der Waals surface area contributed by atoms with Gasteiger partial charge in [-0.3, -0.25) is 9.69 Å². The van der Waals surface area contributed by atoms with Crippen LogP contribution in [0.5, 0.6) is 0 Å². The Balaban J connectivity index is 1.45. The molecule has 0 saturated carbocycles. The second kappa shape index (κ2) is 12.2. The zero-order chi connectivity index (χ0) is 26.4. The Morgan fingerprint density at radius 1 is 1.11 bits per heavy atom. The van der Waals surface area contributed by atoms with Crippen LogP contribution in [0.3, 0.4) is 0 Å². The number of anilines is 2. The third-order valence-electron chi connectivity index (χ3n) is 7.09. The third-order valence-corrected chi connectivity index (χ3v) is 7.09. The number of amides is 1. The Kier molecular flexibility index (Phi) is 8.76. The summed E-state index contributed by atoms with van der Waals surface area (Å²) in [7, 11) is 1.34. The minimum Gasteiger partial charge on any atom is -0.477 e. The van der Waals surface area contributed by atoms with E-state index in [0.717, 1.165) is 18.4 Å². The number of rotatable bonds is 9. The average Bonchev–Trinajstić information content (AvgIpc) is 3.40. The minimum atomic E-state index is -0.662. The molecule has 37 heavy (non-hydrogen) atoms. The van der Waals surface area contributed by atoms with Gasteiger partial charge in [0.25, 0.3) is 0 Å². The molecule has 0 aromatic heterocycles. The Bertz CT molecular complexity index is 1110. The van der Waals surface area contributed by atoms with E-state index >= 15 is 4.39 Å². The molecule has 2 aromatic carbocycles. The summed E-state index contributed by atoms with van der Waals surface area (Å²) in [6.07, 6.45) is 1.50. The first-order chi connectivity index (χ1) is 17.9. The zero-order valence-corrected chi connectivity index (χ0v) is 21.7. The summed E-state index contributed by atoms with van der Waals surface area (Å²) in [4.78, 5) is 33.1. The van der Waals surface area contributed by atoms with Crippen LogP contribution in [0.1, 0.15) is 38.3 Å². The molecule has 9 heteroatoms. The van der Waals surface area contributed by atoms with E-state index in [2.05, 4.69) is 15.2 Å². The quantitative estimate of drug-likeness (QED) is 0.513. The number of methoxy groups -OCH3 is 1. The van der Waals surface area contributed by atoms with Gasteiger partial charge in [-0.15, -0.1) is 0 Å². The van der Waals surface area contributed by atoms with Gasteiger partial charge in [-0.25, -0.2) is 14.2 Å². The molecule has 2 aliphatic rings. The first-order valence-corrected chi connectivity index (χ1v) is 12.9. The average molecular weight is 511 g/mol. The molecular weight excluding hydrogens is 475 g/mol. The lowest BCUT2D eigenvalue weighted by Gasteiger charge is -2.40. The number of ether oxygens (including phenoxy) is 2. The highest BCUT2D eigenvalue weighted by Crippen LogP contribution is 2.30. The molecule has 1 N–H and O–H groups in total. The van der Waals surface area contributed by atoms with Crippen LogP contribution in [0.4, 0.5) is 15.8 Å². The molecule has 0 bridgehead atoms. The van der Waals surface area contributed by atoms with Gasteiger partial charge in [0.2, 0.25) is 11.8 Å². The monoisotopic (exact) mass is 510 g/mol. The van der Waals surface area contributed by atoms with E-state index in [-0.39, 0.29) is 30.3 Å². The van der Waals surface area contributed by atoms with Crippen LogP contribution < -0.4 is 10.2 Å². The second-order valence-corrected chi connectivity index (χ2v) is 9.32. The predicted octanol–water partition coefficient (Wildman–Crippen LogP) is 4.03. The lowest BCUT2D eigenvalue weighted by molar-refractivity contribution is -0.142. The Morgan fingerprint density at radius 3 is 2.43 bits per heavy atom. The van der Waals surface area contributed by atoms with Gasteiger partial charge >= 0.3 is 5.97 Å². The third kappa shape index (κ3) is 6.10. The van der Waals surface area contributed by atoms with Gasteiger partial charge in [-0.05, 0) is 36.6 Å². The second-order valence-electron chi connectivity index (χ2n) is 9.32. The fraction of sp³-hybridized carbons (Fsp3) is 0.464. The number of carbonyl (C=O) groups excluding carboxylic acids is 2. The van der Waals surface area contributed by atoms with Crippen molar-refractivity contribution in [3.63, 3.8) is 0 Å². The van der Waals surface area contributed by atoms with Crippen LogP contribution in [-0.2, 0) is 19.1 Å². The molecule has 1 saturated heterocycles. The Morgan fingerprint density at radius 2 is 1.81 bits per heavy atom. The van der Waals surface area contributed by atoms with Crippen molar-refractivity contribution in [2.75, 3.05) is 50.1 Å². The van der Waals surface area contributed by atoms with E-state index in [4.69, 9.17) is 9.47 Å². The number of carbonyl (C=O) groups is 2. The molecule has 2 heterocycles. The molecular formula is C28H35FN4O4. The topological polar surface area (TPSA) is 83.5 Å². The smallest absolute Gasteiger partial charge is 0.334 e. The number of piperazine rings is 1. The molecule has 2 unspecified atom stereocenters. The zero-order valence-electron chi connectivity index (χ0n) is 21.7. The van der Waals surface area contributed by atoms with Crippen molar-refractivity contribution >= 4 is 29.1 Å². The maximum atomic E-state index is 15.1. The SMILES string of the molecule is CCC(CC)C(=O)Nc1ccc(N2CCN(C(C3=NC(C(=O)OC)CO3)c3ccccc3)CC2)c(F)c1. The highest BCUT2D eigenvalue weighted by molar-refractivity contribution is 5.92. The highest BCUT2D eigenvalue weighted by atomic mass is 19.1. The summed E-state index contributed by atoms with van der Waals surface area (Å²) in [6, 6.07) is 13.9. The van der Waals surface area contributed by atoms with E-state index < -0.39 is 12.0 Å². The summed E-state index contributed by atoms with van der Waals surface area (Å²) in [6.45, 7) is 6.62. The molecule has 2 aliphatic heterocycles. The molecule has 0 spiro atoms. The van der Waals surface area contributed by atoms with Gasteiger partial charge in [-0.2, -0.15) is 0 Å². The summed E-state index contributed by atoms with van der Waals surface area (Å²) in [5.74, 6) is -0.436. The lowest BCUT2D eigenvalue weighted by Crippen LogP contribution is -2.49. The van der Waals surface area contributed by atoms with Crippen LogP contribution >= 0.6 is 0 Å². The van der Waals surface area contributed by atoms with Gasteiger partial charge < -0.3 is 19.7 Å². The fourth-order valence-electron chi connectivity index (χ4n) is 4.91. The first kappa shape index (κ1) is 26.6. The number of halogens is 1. The number of aliphatic imine (C=N–C) groups is 1. The minimum absolute atomic E-state index is 0.0790. The standard InChI is InChI=1S/C28H35FN4O4/c1-4-19(5-2)26(34)30-21-11-12-24(22(29)17-21)32-13-15-33(16-14-32)25(20-9-7-6-8-10-20)27-31-23(18-37-27)28(35)36-3/h6-12,17,19,23,25H,4-5,13-16,18H2,1-3H3,(H,30,34). The predicted molar refractivity (Wildman–Crippen MR) is 141 cm³/mol. The molecule has 8 nitrogen and oxygen atoms in total. The number of nitrogens with one attached hydrogen (secondary N) is 1. The van der Waals surface area contributed by atoms with Crippen molar-refractivity contribution in [3.8, 4) is 0 Å². The molecule has 0 radical (unpaired) electrons. The van der Waals surface area contributed by atoms with Crippen LogP contribution in [0.25, 0.3) is 0 Å². The maximum Gasteiger partial charge on any atom is 0.334 e. The molecule has 2 atom stereocenters. The fourth-order valence-corrected chi connectivity index (χ4v) is 4.91. The van der Waals surface area contributed by atoms with E-state index in [1.165, 1.54) is 13.2 Å². The van der Waals surface area contributed by atoms with Gasteiger partial charge in [-0.1, -0.05) is 44.2 Å². The summed E-state index contributed by atoms with van der Waals surface area (Å²) in [5.41, 5.74) is 2.00. The van der Waals surface area contributed by atoms with Crippen LogP contribution in [-0.4, -0.2) is 68.6 Å². The van der Waals surface area contributed by atoms with Crippen molar-refractivity contribution in [1.82, 2.24) is 4.90 Å². The van der Waals surface area contributed by atoms with Crippen molar-refractivity contribution in [2.45, 2.75) is 38.8 Å². The lowest BCUT2D eigenvalue weighted by atomic mass is 10.0. The largest absolute Gasteiger partial charge is 0.477 e. The molecule has 198 valence electrons. The van der Waals surface area contributed by atoms with Gasteiger partial charge in [0.1, 0.15) is 18.5 Å². The summed E-state index contributed by atoms with van der Waals surface area (Å²) < 4.78 is 25.8. The van der Waals surface area contributed by atoms with E-state index in [0.29, 0.717) is 43.5 Å². The van der Waals surface area contributed by atoms with Gasteiger partial charge in [0, 0.05) is 37.8 Å². The van der Waals surface area contributed by atoms with E-state index in [1.807, 2.05) is 49.1 Å². The van der Waals surface area contributed by atoms with Crippen molar-refractivity contribution < 1.29 is 23.5 Å². The normalized spacial score (nSPS) is 18.8. The molecule has 1 amide bonds. The van der Waals surface area contributed by atoms with E-state index in [9.17, 15) is 9.59 Å². The number of benzene rings is 2. The molecule has 2 aromatic rings. The number of nitrogens with zero attached hydrogens (tertiary/aromatic N) is 3. The van der Waals surface area contributed by atoms with Gasteiger partial charge in [0.05, 0.1) is 12.8 Å². The van der Waals surface area contributed by atoms with Crippen molar-refractivity contribution in [3.05, 3.63) is 59.9 Å². The van der Waals surface area contributed by atoms with E-state index in [1.54, 1.807) is 12.1 Å².